The van der Waals surface area contributed by atoms with Crippen LogP contribution in [0.3, 0.4) is 0 Å². The van der Waals surface area contributed by atoms with Gasteiger partial charge in [-0.3, -0.25) is 29.4 Å². The van der Waals surface area contributed by atoms with E-state index in [0.29, 0.717) is 5.01 Å². The lowest BCUT2D eigenvalue weighted by Crippen LogP contribution is -2.61. The molecule has 0 aromatic rings. The third-order valence-electron chi connectivity index (χ3n) is 4.03. The van der Waals surface area contributed by atoms with E-state index < -0.39 is 48.4 Å². The van der Waals surface area contributed by atoms with Gasteiger partial charge in [0.05, 0.1) is 12.5 Å². The van der Waals surface area contributed by atoms with Crippen molar-refractivity contribution in [1.29, 1.82) is 0 Å². The zero-order chi connectivity index (χ0) is 24.8. The van der Waals surface area contributed by atoms with Gasteiger partial charge in [0.2, 0.25) is 0 Å². The topological polar surface area (TPSA) is 299 Å². The second-order valence-corrected chi connectivity index (χ2v) is 6.68. The van der Waals surface area contributed by atoms with E-state index in [1.165, 1.54) is 0 Å². The standard InChI is InChI=1S/C16H31N9O7/c17-8(3-1-5-22-15(18)19)12(28)25(10(14(31)32)7-11(26)27)24-9(13(29)30)4-2-6-23-16(20)21/h8-10,24H,1-7,17H2,(H,26,27)(H,29,30)(H,31,32)(H4,18,19,22)(H4,20,21,23)/t8-,9-,10-/m1/s1. The van der Waals surface area contributed by atoms with Gasteiger partial charge in [-0.25, -0.2) is 10.2 Å². The fourth-order valence-corrected chi connectivity index (χ4v) is 2.50. The number of hydrazine groups is 1. The maximum absolute atomic E-state index is 12.8. The van der Waals surface area contributed by atoms with Gasteiger partial charge in [-0.05, 0) is 25.7 Å². The highest BCUT2D eigenvalue weighted by molar-refractivity contribution is 5.89. The molecule has 0 spiro atoms. The van der Waals surface area contributed by atoms with Crippen LogP contribution in [0.5, 0.6) is 0 Å². The lowest BCUT2D eigenvalue weighted by Gasteiger charge is -2.33. The Labute approximate surface area is 183 Å². The Balaban J connectivity index is 5.58. The first kappa shape index (κ1) is 28.3. The van der Waals surface area contributed by atoms with Crippen LogP contribution in [0.4, 0.5) is 0 Å². The molecule has 0 saturated carbocycles. The Kier molecular flexibility index (Phi) is 12.7. The van der Waals surface area contributed by atoms with Crippen molar-refractivity contribution in [1.82, 2.24) is 10.4 Å². The number of aliphatic imine (C=N–C) groups is 2. The molecule has 0 rings (SSSR count). The summed E-state index contributed by atoms with van der Waals surface area (Å²) in [5, 5.41) is 28.4. The molecule has 0 aromatic carbocycles. The number of hydrogen-bond acceptors (Lipinski definition) is 8. The van der Waals surface area contributed by atoms with Crippen molar-refractivity contribution in [3.63, 3.8) is 0 Å². The van der Waals surface area contributed by atoms with Crippen LogP contribution >= 0.6 is 0 Å². The van der Waals surface area contributed by atoms with E-state index in [4.69, 9.17) is 33.8 Å². The number of carboxylic acid groups (broad SMARTS) is 3. The quantitative estimate of drug-likeness (QED) is 0.0460. The van der Waals surface area contributed by atoms with E-state index >= 15 is 0 Å². The number of nitrogens with one attached hydrogen (secondary N) is 1. The molecule has 16 heteroatoms. The summed E-state index contributed by atoms with van der Waals surface area (Å²) in [4.78, 5) is 54.7. The Morgan fingerprint density at radius 3 is 1.75 bits per heavy atom. The number of carbonyl (C=O) groups excluding carboxylic acids is 1. The number of nitrogens with zero attached hydrogens (tertiary/aromatic N) is 3. The molecular formula is C16H31N9O7. The second-order valence-electron chi connectivity index (χ2n) is 6.68. The average Bonchev–Trinajstić information content (AvgIpc) is 2.67. The van der Waals surface area contributed by atoms with Crippen molar-refractivity contribution in [2.75, 3.05) is 13.1 Å². The number of hydrogen-bond donors (Lipinski definition) is 9. The van der Waals surface area contributed by atoms with Gasteiger partial charge in [0, 0.05) is 13.1 Å². The number of aliphatic carboxylic acids is 3. The summed E-state index contributed by atoms with van der Waals surface area (Å²) >= 11 is 0. The van der Waals surface area contributed by atoms with E-state index in [-0.39, 0.29) is 50.7 Å². The lowest BCUT2D eigenvalue weighted by molar-refractivity contribution is -0.160. The molecule has 0 fully saturated rings. The van der Waals surface area contributed by atoms with Crippen LogP contribution in [0.25, 0.3) is 0 Å². The molecule has 3 atom stereocenters. The Hall–Kier alpha value is -3.66. The van der Waals surface area contributed by atoms with E-state index in [9.17, 15) is 29.4 Å². The molecule has 1 amide bonds. The fourth-order valence-electron chi connectivity index (χ4n) is 2.50. The maximum atomic E-state index is 12.8. The van der Waals surface area contributed by atoms with Crippen LogP contribution in [0, 0.1) is 0 Å². The SMILES string of the molecule is NC(N)=NCCC[C@@H](N)C(=O)N(N[C@H](CCCN=C(N)N)C(=O)O)[C@H](CC(=O)O)C(=O)O. The Bertz CT molecular complexity index is 721. The van der Waals surface area contributed by atoms with E-state index in [1.807, 2.05) is 0 Å². The highest BCUT2D eigenvalue weighted by Gasteiger charge is 2.36. The van der Waals surface area contributed by atoms with Gasteiger partial charge in [-0.2, -0.15) is 0 Å². The third kappa shape index (κ3) is 11.5. The summed E-state index contributed by atoms with van der Waals surface area (Å²) in [5.41, 5.74) is 28.9. The molecule has 14 N–H and O–H groups in total. The van der Waals surface area contributed by atoms with Crippen LogP contribution in [-0.4, -0.2) is 87.3 Å². The van der Waals surface area contributed by atoms with E-state index in [2.05, 4.69) is 15.4 Å². The van der Waals surface area contributed by atoms with E-state index in [1.54, 1.807) is 0 Å². The zero-order valence-electron chi connectivity index (χ0n) is 17.4. The molecule has 16 nitrogen and oxygen atoms in total. The van der Waals surface area contributed by atoms with Crippen molar-refractivity contribution in [3.05, 3.63) is 0 Å². The number of rotatable bonds is 16. The highest BCUT2D eigenvalue weighted by atomic mass is 16.4. The number of carboxylic acids is 3. The Morgan fingerprint density at radius 2 is 1.34 bits per heavy atom. The lowest BCUT2D eigenvalue weighted by atomic mass is 10.1. The number of guanidine groups is 2. The highest BCUT2D eigenvalue weighted by Crippen LogP contribution is 2.11. The molecule has 0 aliphatic carbocycles. The van der Waals surface area contributed by atoms with Crippen molar-refractivity contribution < 1.29 is 34.5 Å². The third-order valence-corrected chi connectivity index (χ3v) is 4.03. The Morgan fingerprint density at radius 1 is 0.844 bits per heavy atom. The minimum Gasteiger partial charge on any atom is -0.481 e. The molecule has 0 bridgehead atoms. The molecule has 0 unspecified atom stereocenters. The van der Waals surface area contributed by atoms with Crippen molar-refractivity contribution in [3.8, 4) is 0 Å². The first-order valence-corrected chi connectivity index (χ1v) is 9.49. The van der Waals surface area contributed by atoms with Crippen molar-refractivity contribution in [2.24, 2.45) is 38.7 Å². The van der Waals surface area contributed by atoms with Crippen LogP contribution in [-0.2, 0) is 19.2 Å². The van der Waals surface area contributed by atoms with Crippen LogP contribution in [0.1, 0.15) is 32.1 Å². The van der Waals surface area contributed by atoms with Crippen LogP contribution in [0.15, 0.2) is 9.98 Å². The van der Waals surface area contributed by atoms with Crippen LogP contribution in [0.2, 0.25) is 0 Å². The summed E-state index contributed by atoms with van der Waals surface area (Å²) in [6.07, 6.45) is -0.638. The summed E-state index contributed by atoms with van der Waals surface area (Å²) in [7, 11) is 0. The van der Waals surface area contributed by atoms with Gasteiger partial charge < -0.3 is 44.0 Å². The second kappa shape index (κ2) is 14.4. The molecule has 182 valence electrons. The van der Waals surface area contributed by atoms with Gasteiger partial charge in [-0.1, -0.05) is 0 Å². The van der Waals surface area contributed by atoms with Crippen molar-refractivity contribution in [2.45, 2.75) is 50.2 Å². The average molecular weight is 461 g/mol. The molecule has 0 saturated heterocycles. The monoisotopic (exact) mass is 461 g/mol. The van der Waals surface area contributed by atoms with Gasteiger partial charge in [-0.15, -0.1) is 0 Å². The smallest absolute Gasteiger partial charge is 0.328 e. The molecular weight excluding hydrogens is 430 g/mol. The van der Waals surface area contributed by atoms with Gasteiger partial charge in [0.25, 0.3) is 5.91 Å². The largest absolute Gasteiger partial charge is 0.481 e. The summed E-state index contributed by atoms with van der Waals surface area (Å²) < 4.78 is 0. The van der Waals surface area contributed by atoms with Crippen molar-refractivity contribution >= 4 is 35.7 Å². The molecule has 0 aliphatic rings. The summed E-state index contributed by atoms with van der Waals surface area (Å²) in [5.74, 6) is -5.94. The number of carbonyl (C=O) groups is 4. The first-order valence-electron chi connectivity index (χ1n) is 9.49. The molecule has 0 heterocycles. The van der Waals surface area contributed by atoms with Gasteiger partial charge in [0.1, 0.15) is 6.04 Å². The van der Waals surface area contributed by atoms with E-state index in [0.717, 1.165) is 0 Å². The molecule has 0 aromatic heterocycles. The minimum absolute atomic E-state index is 0.0232. The maximum Gasteiger partial charge on any atom is 0.328 e. The zero-order valence-corrected chi connectivity index (χ0v) is 17.4. The first-order chi connectivity index (χ1) is 14.9. The molecule has 0 radical (unpaired) electrons. The summed E-state index contributed by atoms with van der Waals surface area (Å²) in [6, 6.07) is -4.63. The van der Waals surface area contributed by atoms with Crippen LogP contribution < -0.4 is 34.1 Å². The molecule has 0 aliphatic heterocycles. The summed E-state index contributed by atoms with van der Waals surface area (Å²) in [6.45, 7) is 0.236. The predicted molar refractivity (Wildman–Crippen MR) is 113 cm³/mol. The van der Waals surface area contributed by atoms with Gasteiger partial charge >= 0.3 is 17.9 Å². The normalized spacial score (nSPS) is 13.3. The van der Waals surface area contributed by atoms with Gasteiger partial charge in [0.15, 0.2) is 18.0 Å². The number of amides is 1. The number of nitrogens with two attached hydrogens (primary N) is 5. The molecule has 32 heavy (non-hydrogen) atoms. The fraction of sp³-hybridized carbons (Fsp3) is 0.625. The predicted octanol–water partition coefficient (Wildman–Crippen LogP) is -3.86. The minimum atomic E-state index is -1.91.